The summed E-state index contributed by atoms with van der Waals surface area (Å²) in [6.07, 6.45) is 2.12. The molecule has 1 fully saturated rings. The average Bonchev–Trinajstić information content (AvgIpc) is 2.47. The molecule has 0 aliphatic carbocycles. The number of nitrogens with zero attached hydrogens (tertiary/aromatic N) is 4. The summed E-state index contributed by atoms with van der Waals surface area (Å²) in [6.45, 7) is 9.91. The van der Waals surface area contributed by atoms with Crippen LogP contribution in [0, 0.1) is 0 Å². The SMILES string of the molecule is CC(C)(C)N1CC[N+]2=CN=NC2C1. The van der Waals surface area contributed by atoms with E-state index in [9.17, 15) is 0 Å². The predicted molar refractivity (Wildman–Crippen MR) is 51.2 cm³/mol. The minimum Gasteiger partial charge on any atom is -0.288 e. The Morgan fingerprint density at radius 2 is 2.23 bits per heavy atom. The lowest BCUT2D eigenvalue weighted by molar-refractivity contribution is -0.569. The summed E-state index contributed by atoms with van der Waals surface area (Å²) in [7, 11) is 0. The van der Waals surface area contributed by atoms with Gasteiger partial charge in [0.15, 0.2) is 0 Å². The molecule has 72 valence electrons. The quantitative estimate of drug-likeness (QED) is 0.511. The molecule has 1 unspecified atom stereocenters. The van der Waals surface area contributed by atoms with Crippen molar-refractivity contribution in [3.63, 3.8) is 0 Å². The van der Waals surface area contributed by atoms with Crippen molar-refractivity contribution in [3.8, 4) is 0 Å². The highest BCUT2D eigenvalue weighted by molar-refractivity contribution is 5.49. The van der Waals surface area contributed by atoms with Gasteiger partial charge < -0.3 is 0 Å². The molecule has 2 aliphatic heterocycles. The van der Waals surface area contributed by atoms with Crippen LogP contribution in [0.3, 0.4) is 0 Å². The molecule has 4 heteroatoms. The maximum atomic E-state index is 4.18. The van der Waals surface area contributed by atoms with Crippen molar-refractivity contribution in [1.82, 2.24) is 4.90 Å². The molecule has 0 radical (unpaired) electrons. The summed E-state index contributed by atoms with van der Waals surface area (Å²) >= 11 is 0. The molecule has 2 aliphatic rings. The monoisotopic (exact) mass is 181 g/mol. The lowest BCUT2D eigenvalue weighted by atomic mass is 10.0. The van der Waals surface area contributed by atoms with Crippen molar-refractivity contribution in [2.75, 3.05) is 19.6 Å². The highest BCUT2D eigenvalue weighted by atomic mass is 15.4. The van der Waals surface area contributed by atoms with Crippen LogP contribution in [-0.2, 0) is 0 Å². The highest BCUT2D eigenvalue weighted by Gasteiger charge is 2.35. The zero-order chi connectivity index (χ0) is 9.47. The van der Waals surface area contributed by atoms with Gasteiger partial charge in [0.2, 0.25) is 6.17 Å². The van der Waals surface area contributed by atoms with Gasteiger partial charge in [-0.25, -0.2) is 4.58 Å². The summed E-state index contributed by atoms with van der Waals surface area (Å²) < 4.78 is 2.21. The molecule has 1 atom stereocenters. The van der Waals surface area contributed by atoms with E-state index >= 15 is 0 Å². The Kier molecular flexibility index (Phi) is 1.95. The van der Waals surface area contributed by atoms with Crippen LogP contribution in [0.1, 0.15) is 20.8 Å². The van der Waals surface area contributed by atoms with Crippen LogP contribution in [-0.4, -0.2) is 47.2 Å². The molecule has 0 aromatic carbocycles. The van der Waals surface area contributed by atoms with Crippen LogP contribution in [0.15, 0.2) is 10.2 Å². The first-order valence-electron chi connectivity index (χ1n) is 4.81. The Morgan fingerprint density at radius 3 is 2.92 bits per heavy atom. The Bertz CT molecular complexity index is 261. The number of piperazine rings is 1. The second kappa shape index (κ2) is 2.87. The Hall–Kier alpha value is -0.770. The zero-order valence-corrected chi connectivity index (χ0v) is 8.56. The third kappa shape index (κ3) is 1.63. The summed E-state index contributed by atoms with van der Waals surface area (Å²) in [6, 6.07) is 0. The van der Waals surface area contributed by atoms with Gasteiger partial charge in [0, 0.05) is 12.1 Å². The number of rotatable bonds is 0. The van der Waals surface area contributed by atoms with Crippen molar-refractivity contribution in [1.29, 1.82) is 0 Å². The molecule has 4 nitrogen and oxygen atoms in total. The molecule has 0 bridgehead atoms. The van der Waals surface area contributed by atoms with Crippen molar-refractivity contribution < 1.29 is 4.58 Å². The van der Waals surface area contributed by atoms with Gasteiger partial charge in [0.25, 0.3) is 0 Å². The van der Waals surface area contributed by atoms with Crippen molar-refractivity contribution >= 4 is 6.34 Å². The van der Waals surface area contributed by atoms with Crippen molar-refractivity contribution in [2.45, 2.75) is 32.5 Å². The van der Waals surface area contributed by atoms with Gasteiger partial charge in [-0.2, -0.15) is 0 Å². The predicted octanol–water partition coefficient (Wildman–Crippen LogP) is 0.933. The average molecular weight is 181 g/mol. The first-order valence-corrected chi connectivity index (χ1v) is 4.81. The topological polar surface area (TPSA) is 31.0 Å². The summed E-state index contributed by atoms with van der Waals surface area (Å²) in [5.41, 5.74) is 0.254. The lowest BCUT2D eigenvalue weighted by Gasteiger charge is -2.38. The molecule has 13 heavy (non-hydrogen) atoms. The minimum absolute atomic E-state index is 0.254. The van der Waals surface area contributed by atoms with Crippen molar-refractivity contribution in [2.24, 2.45) is 10.2 Å². The first kappa shape index (κ1) is 8.81. The standard InChI is InChI=1S/C9H17N4/c1-9(2,3)13-5-4-12-7-10-11-8(12)6-13/h7-8H,4-6H2,1-3H3/q+1. The smallest absolute Gasteiger partial charge is 0.288 e. The highest BCUT2D eigenvalue weighted by Crippen LogP contribution is 2.19. The van der Waals surface area contributed by atoms with Gasteiger partial charge in [-0.1, -0.05) is 0 Å². The summed E-state index contributed by atoms with van der Waals surface area (Å²) in [5, 5.41) is 8.12. The van der Waals surface area contributed by atoms with Crippen LogP contribution in [0.2, 0.25) is 0 Å². The third-order valence-electron chi connectivity index (χ3n) is 2.74. The Balaban J connectivity index is 2.06. The van der Waals surface area contributed by atoms with Crippen LogP contribution < -0.4 is 0 Å². The van der Waals surface area contributed by atoms with E-state index in [4.69, 9.17) is 0 Å². The van der Waals surface area contributed by atoms with Gasteiger partial charge in [-0.3, -0.25) is 4.90 Å². The molecule has 2 rings (SSSR count). The second-order valence-electron chi connectivity index (χ2n) is 4.68. The van der Waals surface area contributed by atoms with E-state index in [-0.39, 0.29) is 11.7 Å². The Labute approximate surface area is 79.0 Å². The number of hydrogen-bond donors (Lipinski definition) is 0. The number of fused-ring (bicyclic) bond motifs is 1. The number of hydrogen-bond acceptors (Lipinski definition) is 3. The molecular weight excluding hydrogens is 164 g/mol. The maximum Gasteiger partial charge on any atom is 0.311 e. The molecule has 0 spiro atoms. The zero-order valence-electron chi connectivity index (χ0n) is 8.56. The van der Waals surface area contributed by atoms with E-state index in [1.807, 2.05) is 6.34 Å². The fraction of sp³-hybridized carbons (Fsp3) is 0.889. The minimum atomic E-state index is 0.254. The van der Waals surface area contributed by atoms with E-state index in [0.717, 1.165) is 19.6 Å². The largest absolute Gasteiger partial charge is 0.311 e. The summed E-state index contributed by atoms with van der Waals surface area (Å²) in [4.78, 5) is 2.46. The Morgan fingerprint density at radius 1 is 1.46 bits per heavy atom. The molecule has 0 saturated carbocycles. The van der Waals surface area contributed by atoms with Gasteiger partial charge in [0.1, 0.15) is 6.54 Å². The van der Waals surface area contributed by atoms with Crippen LogP contribution in [0.4, 0.5) is 0 Å². The molecule has 2 heterocycles. The second-order valence-corrected chi connectivity index (χ2v) is 4.68. The van der Waals surface area contributed by atoms with Gasteiger partial charge in [0.05, 0.1) is 11.7 Å². The first-order chi connectivity index (χ1) is 6.07. The fourth-order valence-corrected chi connectivity index (χ4v) is 1.80. The van der Waals surface area contributed by atoms with E-state index in [2.05, 4.69) is 40.5 Å². The van der Waals surface area contributed by atoms with Gasteiger partial charge in [-0.15, -0.1) is 0 Å². The van der Waals surface area contributed by atoms with Crippen LogP contribution in [0.5, 0.6) is 0 Å². The van der Waals surface area contributed by atoms with E-state index < -0.39 is 0 Å². The van der Waals surface area contributed by atoms with Crippen LogP contribution in [0.25, 0.3) is 0 Å². The molecular formula is C9H17N4+. The molecule has 1 saturated heterocycles. The van der Waals surface area contributed by atoms with E-state index in [0.29, 0.717) is 0 Å². The summed E-state index contributed by atoms with van der Waals surface area (Å²) in [5.74, 6) is 0. The molecule has 0 aromatic rings. The fourth-order valence-electron chi connectivity index (χ4n) is 1.80. The molecule has 0 aromatic heterocycles. The number of azo groups is 1. The van der Waals surface area contributed by atoms with Gasteiger partial charge in [-0.05, 0) is 25.9 Å². The van der Waals surface area contributed by atoms with E-state index in [1.165, 1.54) is 0 Å². The van der Waals surface area contributed by atoms with E-state index in [1.54, 1.807) is 0 Å². The normalized spacial score (nSPS) is 28.8. The molecule has 0 N–H and O–H groups in total. The van der Waals surface area contributed by atoms with Crippen LogP contribution >= 0.6 is 0 Å². The lowest BCUT2D eigenvalue weighted by Crippen LogP contribution is -2.53. The third-order valence-corrected chi connectivity index (χ3v) is 2.74. The van der Waals surface area contributed by atoms with Crippen molar-refractivity contribution in [3.05, 3.63) is 0 Å². The van der Waals surface area contributed by atoms with Gasteiger partial charge >= 0.3 is 6.34 Å². The molecule has 0 amide bonds. The maximum absolute atomic E-state index is 4.18.